The minimum Gasteiger partial charge on any atom is -0.496 e. The maximum absolute atomic E-state index is 11.2. The average molecular weight is 251 g/mol. The molecule has 0 aliphatic rings. The molecule has 2 N–H and O–H groups in total. The summed E-state index contributed by atoms with van der Waals surface area (Å²) >= 11 is 0. The number of carboxylic acids is 1. The van der Waals surface area contributed by atoms with Crippen LogP contribution in [0.15, 0.2) is 12.1 Å². The number of amides is 1. The molecule has 1 aromatic carbocycles. The van der Waals surface area contributed by atoms with Crippen LogP contribution in [0.2, 0.25) is 0 Å². The Labute approximate surface area is 106 Å². The molecule has 18 heavy (non-hydrogen) atoms. The number of carbonyl (C=O) groups is 2. The lowest BCUT2D eigenvalue weighted by Gasteiger charge is -2.13. The van der Waals surface area contributed by atoms with Crippen LogP contribution in [-0.2, 0) is 16.1 Å². The summed E-state index contributed by atoms with van der Waals surface area (Å²) in [5.41, 5.74) is 3.00. The molecule has 1 aromatic rings. The second-order valence-electron chi connectivity index (χ2n) is 4.02. The first-order valence-electron chi connectivity index (χ1n) is 5.57. The van der Waals surface area contributed by atoms with Gasteiger partial charge in [-0.15, -0.1) is 0 Å². The number of carboxylic acid groups (broad SMARTS) is 1. The van der Waals surface area contributed by atoms with Crippen molar-refractivity contribution in [1.82, 2.24) is 5.32 Å². The van der Waals surface area contributed by atoms with E-state index in [0.29, 0.717) is 6.54 Å². The monoisotopic (exact) mass is 251 g/mol. The standard InChI is InChI=1S/C13H17NO4/c1-8-9(2)11(18-3)5-4-10(8)7-14-12(15)6-13(16)17/h4-5H,6-7H2,1-3H3,(H,14,15)(H,16,17). The van der Waals surface area contributed by atoms with E-state index in [9.17, 15) is 9.59 Å². The Morgan fingerprint density at radius 2 is 1.94 bits per heavy atom. The van der Waals surface area contributed by atoms with Gasteiger partial charge in [0.2, 0.25) is 5.91 Å². The van der Waals surface area contributed by atoms with E-state index >= 15 is 0 Å². The molecule has 5 nitrogen and oxygen atoms in total. The summed E-state index contributed by atoms with van der Waals surface area (Å²) in [7, 11) is 1.61. The molecule has 0 aromatic heterocycles. The molecular weight excluding hydrogens is 234 g/mol. The number of carbonyl (C=O) groups excluding carboxylic acids is 1. The fourth-order valence-electron chi connectivity index (χ4n) is 1.66. The summed E-state index contributed by atoms with van der Waals surface area (Å²) in [6, 6.07) is 3.70. The Hall–Kier alpha value is -2.04. The van der Waals surface area contributed by atoms with Crippen LogP contribution in [0, 0.1) is 13.8 Å². The van der Waals surface area contributed by atoms with Crippen molar-refractivity contribution in [1.29, 1.82) is 0 Å². The highest BCUT2D eigenvalue weighted by atomic mass is 16.5. The van der Waals surface area contributed by atoms with Gasteiger partial charge in [0.25, 0.3) is 0 Å². The lowest BCUT2D eigenvalue weighted by Crippen LogP contribution is -2.25. The third-order valence-corrected chi connectivity index (χ3v) is 2.86. The van der Waals surface area contributed by atoms with Gasteiger partial charge in [-0.25, -0.2) is 0 Å². The lowest BCUT2D eigenvalue weighted by atomic mass is 10.0. The highest BCUT2D eigenvalue weighted by molar-refractivity contribution is 5.93. The molecule has 0 fully saturated rings. The zero-order chi connectivity index (χ0) is 13.7. The number of ether oxygens (including phenoxy) is 1. The fourth-order valence-corrected chi connectivity index (χ4v) is 1.66. The van der Waals surface area contributed by atoms with E-state index in [-0.39, 0.29) is 0 Å². The van der Waals surface area contributed by atoms with Gasteiger partial charge in [-0.3, -0.25) is 9.59 Å². The molecule has 0 saturated carbocycles. The van der Waals surface area contributed by atoms with E-state index < -0.39 is 18.3 Å². The van der Waals surface area contributed by atoms with Crippen LogP contribution in [-0.4, -0.2) is 24.1 Å². The van der Waals surface area contributed by atoms with Crippen molar-refractivity contribution < 1.29 is 19.4 Å². The van der Waals surface area contributed by atoms with Crippen LogP contribution in [0.1, 0.15) is 23.1 Å². The first-order valence-corrected chi connectivity index (χ1v) is 5.57. The summed E-state index contributed by atoms with van der Waals surface area (Å²) in [5, 5.41) is 11.0. The van der Waals surface area contributed by atoms with Gasteiger partial charge in [0, 0.05) is 6.54 Å². The third-order valence-electron chi connectivity index (χ3n) is 2.86. The van der Waals surface area contributed by atoms with Gasteiger partial charge in [0.15, 0.2) is 0 Å². The topological polar surface area (TPSA) is 75.6 Å². The summed E-state index contributed by atoms with van der Waals surface area (Å²) in [6.07, 6.45) is -0.506. The van der Waals surface area contributed by atoms with Crippen LogP contribution in [0.4, 0.5) is 0 Å². The van der Waals surface area contributed by atoms with Crippen molar-refractivity contribution in [2.45, 2.75) is 26.8 Å². The molecule has 0 atom stereocenters. The second-order valence-corrected chi connectivity index (χ2v) is 4.02. The first-order chi connectivity index (χ1) is 8.45. The quantitative estimate of drug-likeness (QED) is 0.776. The smallest absolute Gasteiger partial charge is 0.312 e. The van der Waals surface area contributed by atoms with Gasteiger partial charge in [-0.1, -0.05) is 6.07 Å². The SMILES string of the molecule is COc1ccc(CNC(=O)CC(=O)O)c(C)c1C. The largest absolute Gasteiger partial charge is 0.496 e. The van der Waals surface area contributed by atoms with Crippen molar-refractivity contribution in [3.8, 4) is 5.75 Å². The van der Waals surface area contributed by atoms with Crippen molar-refractivity contribution in [2.75, 3.05) is 7.11 Å². The Balaban J connectivity index is 2.71. The molecule has 1 amide bonds. The van der Waals surface area contributed by atoms with E-state index in [1.807, 2.05) is 26.0 Å². The zero-order valence-electron chi connectivity index (χ0n) is 10.7. The molecule has 0 spiro atoms. The van der Waals surface area contributed by atoms with Gasteiger partial charge < -0.3 is 15.2 Å². The van der Waals surface area contributed by atoms with E-state index in [2.05, 4.69) is 5.32 Å². The molecule has 0 aliphatic heterocycles. The minimum atomic E-state index is -1.13. The number of rotatable bonds is 5. The molecule has 0 saturated heterocycles. The van der Waals surface area contributed by atoms with Crippen LogP contribution in [0.25, 0.3) is 0 Å². The number of methoxy groups -OCH3 is 1. The van der Waals surface area contributed by atoms with E-state index in [1.54, 1.807) is 7.11 Å². The normalized spacial score (nSPS) is 9.94. The predicted octanol–water partition coefficient (Wildman–Crippen LogP) is 1.40. The Bertz CT molecular complexity index is 468. The number of hydrogen-bond donors (Lipinski definition) is 2. The summed E-state index contributed by atoms with van der Waals surface area (Å²) in [4.78, 5) is 21.6. The van der Waals surface area contributed by atoms with Crippen LogP contribution >= 0.6 is 0 Å². The maximum atomic E-state index is 11.2. The molecule has 5 heteroatoms. The Morgan fingerprint density at radius 3 is 2.50 bits per heavy atom. The first kappa shape index (κ1) is 14.0. The van der Waals surface area contributed by atoms with Crippen LogP contribution in [0.5, 0.6) is 5.75 Å². The minimum absolute atomic E-state index is 0.322. The number of benzene rings is 1. The zero-order valence-corrected chi connectivity index (χ0v) is 10.7. The van der Waals surface area contributed by atoms with Gasteiger partial charge in [0.1, 0.15) is 12.2 Å². The van der Waals surface area contributed by atoms with Crippen LogP contribution < -0.4 is 10.1 Å². The number of aliphatic carboxylic acids is 1. The van der Waals surface area contributed by atoms with Crippen molar-refractivity contribution >= 4 is 11.9 Å². The fraction of sp³-hybridized carbons (Fsp3) is 0.385. The average Bonchev–Trinajstić information content (AvgIpc) is 2.30. The highest BCUT2D eigenvalue weighted by Gasteiger charge is 2.10. The summed E-state index contributed by atoms with van der Waals surface area (Å²) < 4.78 is 5.19. The van der Waals surface area contributed by atoms with Gasteiger partial charge >= 0.3 is 5.97 Å². The predicted molar refractivity (Wildman–Crippen MR) is 66.6 cm³/mol. The van der Waals surface area contributed by atoms with Gasteiger partial charge in [0.05, 0.1) is 7.11 Å². The van der Waals surface area contributed by atoms with E-state index in [4.69, 9.17) is 9.84 Å². The molecule has 98 valence electrons. The molecule has 0 heterocycles. The molecule has 0 bridgehead atoms. The van der Waals surface area contributed by atoms with Gasteiger partial charge in [-0.05, 0) is 36.6 Å². The van der Waals surface area contributed by atoms with Crippen molar-refractivity contribution in [3.63, 3.8) is 0 Å². The number of nitrogens with one attached hydrogen (secondary N) is 1. The van der Waals surface area contributed by atoms with E-state index in [1.165, 1.54) is 0 Å². The van der Waals surface area contributed by atoms with Crippen molar-refractivity contribution in [2.24, 2.45) is 0 Å². The maximum Gasteiger partial charge on any atom is 0.312 e. The molecule has 0 unspecified atom stereocenters. The summed E-state index contributed by atoms with van der Waals surface area (Å²) in [6.45, 7) is 4.20. The van der Waals surface area contributed by atoms with Crippen LogP contribution in [0.3, 0.4) is 0 Å². The Kier molecular flexibility index (Phi) is 4.71. The van der Waals surface area contributed by atoms with Gasteiger partial charge in [-0.2, -0.15) is 0 Å². The lowest BCUT2D eigenvalue weighted by molar-refractivity contribution is -0.140. The molecular formula is C13H17NO4. The molecule has 0 radical (unpaired) electrons. The second kappa shape index (κ2) is 6.05. The molecule has 0 aliphatic carbocycles. The van der Waals surface area contributed by atoms with Crippen molar-refractivity contribution in [3.05, 3.63) is 28.8 Å². The molecule has 1 rings (SSSR count). The highest BCUT2D eigenvalue weighted by Crippen LogP contribution is 2.23. The van der Waals surface area contributed by atoms with E-state index in [0.717, 1.165) is 22.4 Å². The summed E-state index contributed by atoms with van der Waals surface area (Å²) in [5.74, 6) is -0.821. The third kappa shape index (κ3) is 3.48. The Morgan fingerprint density at radius 1 is 1.28 bits per heavy atom. The number of hydrogen-bond acceptors (Lipinski definition) is 3.